The number of fused-ring (bicyclic) bond motifs is 1. The van der Waals surface area contributed by atoms with Crippen molar-refractivity contribution in [2.75, 3.05) is 6.54 Å². The topological polar surface area (TPSA) is 40.5 Å². The Morgan fingerprint density at radius 2 is 1.74 bits per heavy atom. The fourth-order valence-corrected chi connectivity index (χ4v) is 2.99. The van der Waals surface area contributed by atoms with E-state index < -0.39 is 23.9 Å². The minimum absolute atomic E-state index is 0.317. The van der Waals surface area contributed by atoms with Gasteiger partial charge in [-0.2, -0.15) is 13.2 Å². The Kier molecular flexibility index (Phi) is 3.75. The monoisotopic (exact) mass is 321 g/mol. The molecule has 0 radical (unpaired) electrons. The van der Waals surface area contributed by atoms with Gasteiger partial charge in [-0.15, -0.1) is 0 Å². The van der Waals surface area contributed by atoms with Crippen LogP contribution in [-0.4, -0.2) is 22.6 Å². The van der Waals surface area contributed by atoms with Crippen LogP contribution in [0, 0.1) is 0 Å². The molecule has 1 aliphatic heterocycles. The molecule has 1 aliphatic rings. The van der Waals surface area contributed by atoms with Crippen molar-refractivity contribution >= 4 is 6.09 Å². The molecule has 0 aliphatic carbocycles. The van der Waals surface area contributed by atoms with Gasteiger partial charge in [0.15, 0.2) is 0 Å². The van der Waals surface area contributed by atoms with Crippen LogP contribution in [0.25, 0.3) is 0 Å². The summed E-state index contributed by atoms with van der Waals surface area (Å²) in [7, 11) is 0. The van der Waals surface area contributed by atoms with Crippen LogP contribution >= 0.6 is 0 Å². The molecule has 120 valence electrons. The van der Waals surface area contributed by atoms with Gasteiger partial charge in [-0.3, -0.25) is 4.90 Å². The van der Waals surface area contributed by atoms with Crippen molar-refractivity contribution in [2.24, 2.45) is 0 Å². The van der Waals surface area contributed by atoms with Gasteiger partial charge in [-0.05, 0) is 35.2 Å². The maximum absolute atomic E-state index is 12.7. The first-order valence-corrected chi connectivity index (χ1v) is 7.12. The lowest BCUT2D eigenvalue weighted by Crippen LogP contribution is -2.39. The molecule has 2 aromatic carbocycles. The number of hydrogen-bond donors (Lipinski definition) is 1. The van der Waals surface area contributed by atoms with E-state index in [1.54, 1.807) is 6.07 Å². The zero-order valence-electron chi connectivity index (χ0n) is 12.0. The van der Waals surface area contributed by atoms with Gasteiger partial charge in [0.25, 0.3) is 0 Å². The summed E-state index contributed by atoms with van der Waals surface area (Å²) in [5, 5.41) is 9.43. The molecule has 2 aromatic rings. The highest BCUT2D eigenvalue weighted by atomic mass is 19.4. The first-order valence-electron chi connectivity index (χ1n) is 7.12. The van der Waals surface area contributed by atoms with Crippen molar-refractivity contribution in [2.45, 2.75) is 18.6 Å². The molecule has 6 heteroatoms. The Balaban J connectivity index is 2.05. The highest BCUT2D eigenvalue weighted by molar-refractivity contribution is 5.67. The molecular formula is C17H14F3NO2. The SMILES string of the molecule is O=C(O)N1CCc2ccccc2C1c1ccc(C(F)(F)F)cc1. The van der Waals surface area contributed by atoms with E-state index >= 15 is 0 Å². The number of rotatable bonds is 1. The molecule has 0 saturated heterocycles. The molecule has 3 nitrogen and oxygen atoms in total. The quantitative estimate of drug-likeness (QED) is 0.849. The van der Waals surface area contributed by atoms with Gasteiger partial charge in [0.05, 0.1) is 11.6 Å². The predicted octanol–water partition coefficient (Wildman–Crippen LogP) is 4.33. The average molecular weight is 321 g/mol. The van der Waals surface area contributed by atoms with E-state index in [-0.39, 0.29) is 0 Å². The lowest BCUT2D eigenvalue weighted by atomic mass is 9.88. The fourth-order valence-electron chi connectivity index (χ4n) is 2.99. The number of benzene rings is 2. The number of amides is 1. The molecule has 0 aromatic heterocycles. The van der Waals surface area contributed by atoms with E-state index in [9.17, 15) is 23.1 Å². The second-order valence-electron chi connectivity index (χ2n) is 5.45. The minimum Gasteiger partial charge on any atom is -0.465 e. The Hall–Kier alpha value is -2.50. The van der Waals surface area contributed by atoms with Crippen LogP contribution in [0.2, 0.25) is 0 Å². The van der Waals surface area contributed by atoms with Crippen molar-refractivity contribution in [1.29, 1.82) is 0 Å². The lowest BCUT2D eigenvalue weighted by molar-refractivity contribution is -0.137. The Labute approximate surface area is 131 Å². The fraction of sp³-hybridized carbons (Fsp3) is 0.235. The van der Waals surface area contributed by atoms with Crippen LogP contribution in [-0.2, 0) is 12.6 Å². The van der Waals surface area contributed by atoms with Crippen LogP contribution in [0.5, 0.6) is 0 Å². The van der Waals surface area contributed by atoms with Gasteiger partial charge in [0, 0.05) is 6.54 Å². The van der Waals surface area contributed by atoms with Gasteiger partial charge < -0.3 is 5.11 Å². The summed E-state index contributed by atoms with van der Waals surface area (Å²) in [5.41, 5.74) is 1.63. The smallest absolute Gasteiger partial charge is 0.416 e. The first kappa shape index (κ1) is 15.4. The highest BCUT2D eigenvalue weighted by Crippen LogP contribution is 2.36. The molecule has 23 heavy (non-hydrogen) atoms. The lowest BCUT2D eigenvalue weighted by Gasteiger charge is -2.35. The van der Waals surface area contributed by atoms with Crippen molar-refractivity contribution in [3.8, 4) is 0 Å². The van der Waals surface area contributed by atoms with Gasteiger partial charge >= 0.3 is 12.3 Å². The molecule has 1 atom stereocenters. The van der Waals surface area contributed by atoms with E-state index in [4.69, 9.17) is 0 Å². The molecule has 0 bridgehead atoms. The van der Waals surface area contributed by atoms with Crippen LogP contribution in [0.1, 0.15) is 28.3 Å². The summed E-state index contributed by atoms with van der Waals surface area (Å²) >= 11 is 0. The molecule has 3 rings (SSSR count). The summed E-state index contributed by atoms with van der Waals surface area (Å²) in [6, 6.07) is 11.5. The van der Waals surface area contributed by atoms with E-state index in [1.807, 2.05) is 18.2 Å². The van der Waals surface area contributed by atoms with E-state index in [1.165, 1.54) is 17.0 Å². The third kappa shape index (κ3) is 2.88. The summed E-state index contributed by atoms with van der Waals surface area (Å²) < 4.78 is 38.1. The van der Waals surface area contributed by atoms with E-state index in [0.29, 0.717) is 18.5 Å². The molecule has 1 N–H and O–H groups in total. The number of halogens is 3. The predicted molar refractivity (Wildman–Crippen MR) is 78.2 cm³/mol. The van der Waals surface area contributed by atoms with Crippen LogP contribution in [0.15, 0.2) is 48.5 Å². The Morgan fingerprint density at radius 1 is 1.09 bits per heavy atom. The van der Waals surface area contributed by atoms with Gasteiger partial charge in [0.2, 0.25) is 0 Å². The number of alkyl halides is 3. The summed E-state index contributed by atoms with van der Waals surface area (Å²) in [6.07, 6.45) is -4.89. The molecule has 1 unspecified atom stereocenters. The highest BCUT2D eigenvalue weighted by Gasteiger charge is 2.33. The number of carbonyl (C=O) groups is 1. The number of carboxylic acid groups (broad SMARTS) is 1. The van der Waals surface area contributed by atoms with Crippen molar-refractivity contribution in [3.05, 3.63) is 70.8 Å². The molecule has 1 amide bonds. The second-order valence-corrected chi connectivity index (χ2v) is 5.45. The third-order valence-corrected chi connectivity index (χ3v) is 4.08. The Morgan fingerprint density at radius 3 is 2.35 bits per heavy atom. The second kappa shape index (κ2) is 5.61. The maximum atomic E-state index is 12.7. The largest absolute Gasteiger partial charge is 0.465 e. The zero-order valence-corrected chi connectivity index (χ0v) is 12.0. The average Bonchev–Trinajstić information content (AvgIpc) is 2.53. The number of nitrogens with zero attached hydrogens (tertiary/aromatic N) is 1. The molecule has 0 fully saturated rings. The summed E-state index contributed by atoms with van der Waals surface area (Å²) in [4.78, 5) is 12.8. The molecule has 1 heterocycles. The molecule has 0 saturated carbocycles. The van der Waals surface area contributed by atoms with Crippen molar-refractivity contribution in [3.63, 3.8) is 0 Å². The van der Waals surface area contributed by atoms with E-state index in [2.05, 4.69) is 0 Å². The summed E-state index contributed by atoms with van der Waals surface area (Å²) in [5.74, 6) is 0. The third-order valence-electron chi connectivity index (χ3n) is 4.08. The molecule has 0 spiro atoms. The van der Waals surface area contributed by atoms with Gasteiger partial charge in [-0.25, -0.2) is 4.79 Å². The minimum atomic E-state index is -4.41. The van der Waals surface area contributed by atoms with Crippen molar-refractivity contribution < 1.29 is 23.1 Å². The number of hydrogen-bond acceptors (Lipinski definition) is 1. The molecular weight excluding hydrogens is 307 g/mol. The van der Waals surface area contributed by atoms with Gasteiger partial charge in [-0.1, -0.05) is 36.4 Å². The van der Waals surface area contributed by atoms with Crippen molar-refractivity contribution in [1.82, 2.24) is 4.90 Å². The van der Waals surface area contributed by atoms with Crippen LogP contribution in [0.4, 0.5) is 18.0 Å². The van der Waals surface area contributed by atoms with Crippen LogP contribution < -0.4 is 0 Å². The zero-order chi connectivity index (χ0) is 16.6. The summed E-state index contributed by atoms with van der Waals surface area (Å²) in [6.45, 7) is 0.317. The Bertz CT molecular complexity index is 725. The standard InChI is InChI=1S/C17H14F3NO2/c18-17(19,20)13-7-5-12(6-8-13)15-14-4-2-1-3-11(14)9-10-21(15)16(22)23/h1-8,15H,9-10H2,(H,22,23). The van der Waals surface area contributed by atoms with E-state index in [0.717, 1.165) is 23.3 Å². The first-order chi connectivity index (χ1) is 10.9. The van der Waals surface area contributed by atoms with Gasteiger partial charge in [0.1, 0.15) is 0 Å². The maximum Gasteiger partial charge on any atom is 0.416 e. The normalized spacial score (nSPS) is 17.7. The van der Waals surface area contributed by atoms with Crippen LogP contribution in [0.3, 0.4) is 0 Å².